The molecule has 0 bridgehead atoms. The van der Waals surface area contributed by atoms with Crippen LogP contribution in [0.4, 0.5) is 0 Å². The van der Waals surface area contributed by atoms with Gasteiger partial charge in [-0.2, -0.15) is 6.42 Å². The van der Waals surface area contributed by atoms with Gasteiger partial charge in [0.25, 0.3) is 0 Å². The second-order valence-electron chi connectivity index (χ2n) is 7.08. The molecule has 0 radical (unpaired) electrons. The van der Waals surface area contributed by atoms with Crippen molar-refractivity contribution in [2.45, 2.75) is 83.3 Å². The zero-order valence-electron chi connectivity index (χ0n) is 15.8. The summed E-state index contributed by atoms with van der Waals surface area (Å²) < 4.78 is 12.0. The van der Waals surface area contributed by atoms with Gasteiger partial charge in [-0.1, -0.05) is 67.9 Å². The van der Waals surface area contributed by atoms with E-state index in [4.69, 9.17) is 0 Å². The fraction of sp³-hybridized carbons (Fsp3) is 0.650. The molecule has 0 aromatic heterocycles. The predicted molar refractivity (Wildman–Crippen MR) is 106 cm³/mol. The van der Waals surface area contributed by atoms with Gasteiger partial charge < -0.3 is 6.42 Å². The van der Waals surface area contributed by atoms with Crippen LogP contribution < -0.4 is 0 Å². The van der Waals surface area contributed by atoms with Crippen molar-refractivity contribution in [3.63, 3.8) is 0 Å². The maximum Gasteiger partial charge on any atom is 2.00 e. The van der Waals surface area contributed by atoms with Crippen LogP contribution in [0.2, 0.25) is 14.8 Å². The molecule has 0 heterocycles. The zero-order chi connectivity index (χ0) is 17.1. The fourth-order valence-corrected chi connectivity index (χ4v) is 4.11. The Bertz CT molecular complexity index is 427. The van der Waals surface area contributed by atoms with Gasteiger partial charge in [0.1, 0.15) is 0 Å². The molecule has 0 aliphatic heterocycles. The molecule has 0 spiro atoms. The molecular weight excluding hydrogens is 463 g/mol. The van der Waals surface area contributed by atoms with E-state index < -0.39 is 30.6 Å². The molecule has 2 atom stereocenters. The second-order valence-corrected chi connectivity index (χ2v) is 17.3. The standard InChI is InChI=1S/C12H15OS.C5H10.3CH3.Fe.Sn/c1-10-6-8-12(9-7-10)14(13)11-4-2-3-5-11;1-2-4-5-3-1;;;;;/h4,6-9,11H,2-3,5H2,1H3;1-5H2;3*1H3;;/q-1;;;;;+2;+1. The van der Waals surface area contributed by atoms with Gasteiger partial charge in [0.2, 0.25) is 0 Å². The Kier molecular flexibility index (Phi) is 15.2. The van der Waals surface area contributed by atoms with Crippen molar-refractivity contribution in [1.29, 1.82) is 0 Å². The molecule has 1 aromatic rings. The van der Waals surface area contributed by atoms with Gasteiger partial charge in [0, 0.05) is 15.7 Å². The van der Waals surface area contributed by atoms with Crippen LogP contribution in [0.3, 0.4) is 0 Å². The van der Waals surface area contributed by atoms with Crippen LogP contribution in [-0.2, 0) is 27.9 Å². The van der Waals surface area contributed by atoms with Crippen LogP contribution in [0, 0.1) is 13.3 Å². The van der Waals surface area contributed by atoms with Crippen molar-refractivity contribution in [1.82, 2.24) is 0 Å². The topological polar surface area (TPSA) is 17.1 Å². The molecular formula is C20H34FeOSSn+2. The van der Waals surface area contributed by atoms with Crippen molar-refractivity contribution in [2.75, 3.05) is 0 Å². The number of hydrogen-bond donors (Lipinski definition) is 0. The Morgan fingerprint density at radius 1 is 0.958 bits per heavy atom. The summed E-state index contributed by atoms with van der Waals surface area (Å²) in [6.45, 7) is 2.05. The first-order chi connectivity index (χ1) is 11.0. The first kappa shape index (κ1) is 24.7. The van der Waals surface area contributed by atoms with E-state index in [1.54, 1.807) is 0 Å². The molecule has 2 unspecified atom stereocenters. The van der Waals surface area contributed by atoms with Crippen molar-refractivity contribution < 1.29 is 21.3 Å². The fourth-order valence-electron chi connectivity index (χ4n) is 2.67. The molecule has 1 aromatic carbocycles. The van der Waals surface area contributed by atoms with Crippen LogP contribution in [0.15, 0.2) is 29.2 Å². The number of rotatable bonds is 2. The van der Waals surface area contributed by atoms with Gasteiger partial charge in [-0.15, -0.1) is 0 Å². The van der Waals surface area contributed by atoms with Crippen LogP contribution in [0.1, 0.15) is 56.9 Å². The normalized spacial score (nSPS) is 19.9. The van der Waals surface area contributed by atoms with Gasteiger partial charge in [-0.3, -0.25) is 4.21 Å². The molecule has 136 valence electrons. The Hall–Kier alpha value is 0.688. The van der Waals surface area contributed by atoms with E-state index in [9.17, 15) is 4.21 Å². The van der Waals surface area contributed by atoms with Gasteiger partial charge in [0.05, 0.1) is 0 Å². The molecule has 1 nitrogen and oxygen atoms in total. The minimum absolute atomic E-state index is 0. The molecule has 24 heavy (non-hydrogen) atoms. The molecule has 4 heteroatoms. The summed E-state index contributed by atoms with van der Waals surface area (Å²) in [5.41, 5.74) is 1.22. The van der Waals surface area contributed by atoms with Crippen LogP contribution in [-0.4, -0.2) is 29.2 Å². The SMILES string of the molecule is C1CCCC1.Cc1ccc(S(=O)C2[CH-]CCC2)cc1.[CH3][Sn+]([CH3])[CH3].[Fe+2]. The first-order valence-electron chi connectivity index (χ1n) is 9.08. The summed E-state index contributed by atoms with van der Waals surface area (Å²) in [4.78, 5) is 8.06. The number of benzene rings is 1. The van der Waals surface area contributed by atoms with Crippen molar-refractivity contribution in [3.05, 3.63) is 36.2 Å². The first-order valence-corrected chi connectivity index (χ1v) is 18.9. The van der Waals surface area contributed by atoms with Crippen molar-refractivity contribution in [3.8, 4) is 0 Å². The minimum Gasteiger partial charge on any atom is 2.00 e. The monoisotopic (exact) mass is 498 g/mol. The third kappa shape index (κ3) is 11.3. The maximum absolute atomic E-state index is 12.0. The molecule has 0 saturated heterocycles. The minimum atomic E-state index is -0.823. The Morgan fingerprint density at radius 2 is 1.42 bits per heavy atom. The summed E-state index contributed by atoms with van der Waals surface area (Å²) >= 11 is -0.543. The van der Waals surface area contributed by atoms with E-state index in [0.717, 1.165) is 17.7 Å². The molecule has 2 fully saturated rings. The number of hydrogen-bond acceptors (Lipinski definition) is 1. The Balaban J connectivity index is 0.000000440. The summed E-state index contributed by atoms with van der Waals surface area (Å²) in [5.74, 6) is 0. The Labute approximate surface area is 170 Å². The van der Waals surface area contributed by atoms with E-state index in [2.05, 4.69) is 21.2 Å². The molecule has 0 amide bonds. The molecule has 2 saturated carbocycles. The average Bonchev–Trinajstić information content (AvgIpc) is 3.23. The molecule has 3 rings (SSSR count). The summed E-state index contributed by atoms with van der Waals surface area (Å²) in [7, 11) is -0.823. The average molecular weight is 497 g/mol. The third-order valence-electron chi connectivity index (χ3n) is 3.90. The van der Waals surface area contributed by atoms with Gasteiger partial charge in [0.15, 0.2) is 0 Å². The Morgan fingerprint density at radius 3 is 1.79 bits per heavy atom. The van der Waals surface area contributed by atoms with E-state index in [1.807, 2.05) is 31.2 Å². The summed E-state index contributed by atoms with van der Waals surface area (Å²) in [5, 5.41) is 0.290. The van der Waals surface area contributed by atoms with E-state index in [0.29, 0.717) is 0 Å². The smallest absolute Gasteiger partial charge is 2.00 e. The van der Waals surface area contributed by atoms with Crippen LogP contribution in [0.5, 0.6) is 0 Å². The van der Waals surface area contributed by atoms with Crippen LogP contribution >= 0.6 is 0 Å². The van der Waals surface area contributed by atoms with Gasteiger partial charge in [-0.05, 0) is 19.1 Å². The molecule has 0 N–H and O–H groups in total. The van der Waals surface area contributed by atoms with E-state index in [-0.39, 0.29) is 22.3 Å². The van der Waals surface area contributed by atoms with Crippen molar-refractivity contribution >= 4 is 30.6 Å². The quantitative estimate of drug-likeness (QED) is 0.353. The predicted octanol–water partition coefficient (Wildman–Crippen LogP) is 6.18. The largest absolute Gasteiger partial charge is 2.00 e. The van der Waals surface area contributed by atoms with E-state index in [1.165, 1.54) is 44.1 Å². The van der Waals surface area contributed by atoms with Crippen LogP contribution in [0.25, 0.3) is 0 Å². The van der Waals surface area contributed by atoms with Gasteiger partial charge >= 0.3 is 51.6 Å². The van der Waals surface area contributed by atoms with E-state index >= 15 is 0 Å². The summed E-state index contributed by atoms with van der Waals surface area (Å²) in [6, 6.07) is 8.03. The van der Waals surface area contributed by atoms with Gasteiger partial charge in [-0.25, -0.2) is 0 Å². The summed E-state index contributed by atoms with van der Waals surface area (Å²) in [6.07, 6.45) is 13.1. The zero-order valence-corrected chi connectivity index (χ0v) is 20.6. The number of aryl methyl sites for hydroxylation is 1. The molecule has 2 aliphatic carbocycles. The van der Waals surface area contributed by atoms with Crippen molar-refractivity contribution in [2.24, 2.45) is 0 Å². The molecule has 2 aliphatic rings. The second kappa shape index (κ2) is 14.8. The third-order valence-corrected chi connectivity index (χ3v) is 5.62. The maximum atomic E-state index is 12.0.